The van der Waals surface area contributed by atoms with Crippen LogP contribution < -0.4 is 0 Å². The van der Waals surface area contributed by atoms with Crippen molar-refractivity contribution >= 4 is 11.0 Å². The number of benzene rings is 2. The fourth-order valence-electron chi connectivity index (χ4n) is 2.22. The molecule has 0 fully saturated rings. The molecule has 0 saturated carbocycles. The highest BCUT2D eigenvalue weighted by Gasteiger charge is 2.05. The number of hydrogen-bond acceptors (Lipinski definition) is 1. The van der Waals surface area contributed by atoms with Crippen molar-refractivity contribution in [3.8, 4) is 0 Å². The standard InChI is InChI=1S/C16H14O/c1-12-10-15-14(8-5-9-16(15)17-12)11-13-6-3-2-4-7-13/h2-10H,11H2,1H3. The Kier molecular flexibility index (Phi) is 2.45. The van der Waals surface area contributed by atoms with Crippen LogP contribution in [0.3, 0.4) is 0 Å². The van der Waals surface area contributed by atoms with Gasteiger partial charge < -0.3 is 4.42 Å². The van der Waals surface area contributed by atoms with E-state index in [1.165, 1.54) is 16.5 Å². The Morgan fingerprint density at radius 1 is 0.941 bits per heavy atom. The minimum absolute atomic E-state index is 0.956. The van der Waals surface area contributed by atoms with E-state index in [1.807, 2.05) is 19.1 Å². The van der Waals surface area contributed by atoms with E-state index in [2.05, 4.69) is 42.5 Å². The minimum atomic E-state index is 0.956. The first-order valence-corrected chi connectivity index (χ1v) is 5.85. The first-order valence-electron chi connectivity index (χ1n) is 5.85. The molecular formula is C16H14O. The van der Waals surface area contributed by atoms with Crippen molar-refractivity contribution in [2.24, 2.45) is 0 Å². The predicted molar refractivity (Wildman–Crippen MR) is 70.2 cm³/mol. The highest BCUT2D eigenvalue weighted by atomic mass is 16.3. The Morgan fingerprint density at radius 2 is 1.76 bits per heavy atom. The second-order valence-corrected chi connectivity index (χ2v) is 4.35. The van der Waals surface area contributed by atoms with Gasteiger partial charge >= 0.3 is 0 Å². The second-order valence-electron chi connectivity index (χ2n) is 4.35. The highest BCUT2D eigenvalue weighted by molar-refractivity contribution is 5.82. The lowest BCUT2D eigenvalue weighted by Crippen LogP contribution is -1.87. The first kappa shape index (κ1) is 10.2. The van der Waals surface area contributed by atoms with Crippen LogP contribution in [0.25, 0.3) is 11.0 Å². The van der Waals surface area contributed by atoms with Gasteiger partial charge in [-0.05, 0) is 36.6 Å². The molecule has 0 saturated heterocycles. The molecule has 0 amide bonds. The van der Waals surface area contributed by atoms with Gasteiger partial charge in [-0.15, -0.1) is 0 Å². The minimum Gasteiger partial charge on any atom is -0.461 e. The van der Waals surface area contributed by atoms with Gasteiger partial charge in [-0.3, -0.25) is 0 Å². The third-order valence-corrected chi connectivity index (χ3v) is 3.01. The largest absolute Gasteiger partial charge is 0.461 e. The van der Waals surface area contributed by atoms with Crippen molar-refractivity contribution in [2.75, 3.05) is 0 Å². The summed E-state index contributed by atoms with van der Waals surface area (Å²) in [4.78, 5) is 0. The zero-order valence-electron chi connectivity index (χ0n) is 9.81. The molecule has 1 aromatic heterocycles. The van der Waals surface area contributed by atoms with Crippen LogP contribution in [0.15, 0.2) is 59.0 Å². The van der Waals surface area contributed by atoms with Crippen LogP contribution in [0, 0.1) is 6.92 Å². The van der Waals surface area contributed by atoms with Crippen LogP contribution >= 0.6 is 0 Å². The average Bonchev–Trinajstić information content (AvgIpc) is 2.72. The van der Waals surface area contributed by atoms with Gasteiger partial charge in [0, 0.05) is 5.39 Å². The lowest BCUT2D eigenvalue weighted by Gasteiger charge is -2.02. The fourth-order valence-corrected chi connectivity index (χ4v) is 2.22. The Bertz CT molecular complexity index is 635. The lowest BCUT2D eigenvalue weighted by molar-refractivity contribution is 0.578. The Balaban J connectivity index is 2.06. The molecule has 0 bridgehead atoms. The maximum Gasteiger partial charge on any atom is 0.134 e. The monoisotopic (exact) mass is 222 g/mol. The summed E-state index contributed by atoms with van der Waals surface area (Å²) < 4.78 is 5.65. The summed E-state index contributed by atoms with van der Waals surface area (Å²) in [5.41, 5.74) is 3.64. The number of aryl methyl sites for hydroxylation is 1. The third kappa shape index (κ3) is 1.96. The van der Waals surface area contributed by atoms with Crippen LogP contribution in [0.5, 0.6) is 0 Å². The topological polar surface area (TPSA) is 13.1 Å². The van der Waals surface area contributed by atoms with Crippen molar-refractivity contribution < 1.29 is 4.42 Å². The van der Waals surface area contributed by atoms with E-state index >= 15 is 0 Å². The molecule has 17 heavy (non-hydrogen) atoms. The van der Waals surface area contributed by atoms with Crippen molar-refractivity contribution in [2.45, 2.75) is 13.3 Å². The summed E-state index contributed by atoms with van der Waals surface area (Å²) in [5.74, 6) is 0.973. The van der Waals surface area contributed by atoms with Crippen molar-refractivity contribution in [1.82, 2.24) is 0 Å². The molecule has 2 aromatic carbocycles. The van der Waals surface area contributed by atoms with Gasteiger partial charge in [0.15, 0.2) is 0 Å². The van der Waals surface area contributed by atoms with E-state index in [4.69, 9.17) is 4.42 Å². The van der Waals surface area contributed by atoms with Gasteiger partial charge in [0.2, 0.25) is 0 Å². The molecule has 0 aliphatic heterocycles. The third-order valence-electron chi connectivity index (χ3n) is 3.01. The van der Waals surface area contributed by atoms with Crippen molar-refractivity contribution in [3.05, 3.63) is 71.5 Å². The molecule has 0 aliphatic carbocycles. The lowest BCUT2D eigenvalue weighted by atomic mass is 10.0. The van der Waals surface area contributed by atoms with Crippen molar-refractivity contribution in [1.29, 1.82) is 0 Å². The molecule has 84 valence electrons. The Hall–Kier alpha value is -2.02. The maximum atomic E-state index is 5.65. The van der Waals surface area contributed by atoms with E-state index in [1.54, 1.807) is 0 Å². The van der Waals surface area contributed by atoms with Crippen LogP contribution in [0.4, 0.5) is 0 Å². The predicted octanol–water partition coefficient (Wildman–Crippen LogP) is 4.33. The molecule has 0 atom stereocenters. The molecule has 0 radical (unpaired) electrons. The molecule has 1 heterocycles. The van der Waals surface area contributed by atoms with Gasteiger partial charge in [-0.25, -0.2) is 0 Å². The van der Waals surface area contributed by atoms with E-state index in [-0.39, 0.29) is 0 Å². The molecular weight excluding hydrogens is 208 g/mol. The average molecular weight is 222 g/mol. The quantitative estimate of drug-likeness (QED) is 0.629. The van der Waals surface area contributed by atoms with Gasteiger partial charge in [-0.1, -0.05) is 42.5 Å². The van der Waals surface area contributed by atoms with Gasteiger partial charge in [-0.2, -0.15) is 0 Å². The van der Waals surface area contributed by atoms with E-state index in [0.29, 0.717) is 0 Å². The van der Waals surface area contributed by atoms with E-state index < -0.39 is 0 Å². The second kappa shape index (κ2) is 4.10. The summed E-state index contributed by atoms with van der Waals surface area (Å²) in [7, 11) is 0. The molecule has 0 N–H and O–H groups in total. The van der Waals surface area contributed by atoms with Gasteiger partial charge in [0.05, 0.1) is 0 Å². The molecule has 3 rings (SSSR count). The first-order chi connectivity index (χ1) is 8.33. The van der Waals surface area contributed by atoms with E-state index in [0.717, 1.165) is 17.8 Å². The Morgan fingerprint density at radius 3 is 2.59 bits per heavy atom. The number of furan rings is 1. The summed E-state index contributed by atoms with van der Waals surface area (Å²) in [5, 5.41) is 1.23. The summed E-state index contributed by atoms with van der Waals surface area (Å²) in [6.45, 7) is 1.99. The smallest absolute Gasteiger partial charge is 0.134 e. The van der Waals surface area contributed by atoms with Crippen LogP contribution in [-0.4, -0.2) is 0 Å². The summed E-state index contributed by atoms with van der Waals surface area (Å²) in [6, 6.07) is 18.9. The summed E-state index contributed by atoms with van der Waals surface area (Å²) >= 11 is 0. The van der Waals surface area contributed by atoms with Crippen molar-refractivity contribution in [3.63, 3.8) is 0 Å². The number of fused-ring (bicyclic) bond motifs is 1. The molecule has 3 aromatic rings. The zero-order chi connectivity index (χ0) is 11.7. The molecule has 0 aliphatic rings. The van der Waals surface area contributed by atoms with Gasteiger partial charge in [0.1, 0.15) is 11.3 Å². The normalized spacial score (nSPS) is 10.9. The summed E-state index contributed by atoms with van der Waals surface area (Å²) in [6.07, 6.45) is 0.956. The molecule has 0 spiro atoms. The SMILES string of the molecule is Cc1cc2c(Cc3ccccc3)cccc2o1. The number of rotatable bonds is 2. The van der Waals surface area contributed by atoms with Crippen LogP contribution in [-0.2, 0) is 6.42 Å². The molecule has 1 nitrogen and oxygen atoms in total. The maximum absolute atomic E-state index is 5.65. The fraction of sp³-hybridized carbons (Fsp3) is 0.125. The molecule has 1 heteroatoms. The Labute approximate surface area is 101 Å². The molecule has 0 unspecified atom stereocenters. The number of hydrogen-bond donors (Lipinski definition) is 0. The van der Waals surface area contributed by atoms with Crippen LogP contribution in [0.1, 0.15) is 16.9 Å². The van der Waals surface area contributed by atoms with E-state index in [9.17, 15) is 0 Å². The highest BCUT2D eigenvalue weighted by Crippen LogP contribution is 2.24. The van der Waals surface area contributed by atoms with Crippen LogP contribution in [0.2, 0.25) is 0 Å². The zero-order valence-corrected chi connectivity index (χ0v) is 9.81. The van der Waals surface area contributed by atoms with Gasteiger partial charge in [0.25, 0.3) is 0 Å².